The first-order valence-corrected chi connectivity index (χ1v) is 6.31. The van der Waals surface area contributed by atoms with Crippen molar-refractivity contribution in [3.63, 3.8) is 0 Å². The minimum atomic E-state index is 0.160. The van der Waals surface area contributed by atoms with E-state index in [-0.39, 0.29) is 5.11 Å². The molecule has 0 saturated carbocycles. The van der Waals surface area contributed by atoms with Gasteiger partial charge in [0.25, 0.3) is 0 Å². The van der Waals surface area contributed by atoms with Crippen molar-refractivity contribution in [3.05, 3.63) is 59.7 Å². The molecular weight excluding hydrogens is 254 g/mol. The van der Waals surface area contributed by atoms with E-state index in [4.69, 9.17) is 5.73 Å². The fourth-order valence-corrected chi connectivity index (χ4v) is 1.73. The van der Waals surface area contributed by atoms with Gasteiger partial charge in [0.1, 0.15) is 0 Å². The molecule has 0 bridgehead atoms. The molecule has 2 rings (SSSR count). The number of hydrazone groups is 1. The Balaban J connectivity index is 2.12. The molecule has 3 nitrogen and oxygen atoms in total. The Morgan fingerprint density at radius 1 is 1.05 bits per heavy atom. The van der Waals surface area contributed by atoms with Gasteiger partial charge in [-0.3, -0.25) is 5.43 Å². The summed E-state index contributed by atoms with van der Waals surface area (Å²) in [7, 11) is 0. The fraction of sp³-hybridized carbons (Fsp3) is 0.0667. The second-order valence-electron chi connectivity index (χ2n) is 4.22. The number of thiocarbonyl (C=S) groups is 1. The van der Waals surface area contributed by atoms with Gasteiger partial charge in [-0.05, 0) is 35.8 Å². The van der Waals surface area contributed by atoms with Crippen LogP contribution in [0.4, 0.5) is 0 Å². The van der Waals surface area contributed by atoms with Crippen LogP contribution in [0.2, 0.25) is 0 Å². The van der Waals surface area contributed by atoms with E-state index >= 15 is 0 Å². The Kier molecular flexibility index (Phi) is 4.26. The van der Waals surface area contributed by atoms with Crippen LogP contribution in [-0.2, 0) is 0 Å². The molecule has 0 saturated heterocycles. The number of aryl methyl sites for hydroxylation is 1. The quantitative estimate of drug-likeness (QED) is 0.512. The standard InChI is InChI=1S/C15H15N3S/c1-11-2-6-13(7-3-11)14-8-4-12(5-9-14)10-17-18-15(16)19/h2-10H,1H3,(H3,16,18,19). The Labute approximate surface area is 118 Å². The predicted octanol–water partition coefficient (Wildman–Crippen LogP) is 2.83. The van der Waals surface area contributed by atoms with Gasteiger partial charge in [0.15, 0.2) is 5.11 Å². The third-order valence-corrected chi connectivity index (χ3v) is 2.78. The lowest BCUT2D eigenvalue weighted by atomic mass is 10.0. The van der Waals surface area contributed by atoms with Crippen molar-refractivity contribution in [3.8, 4) is 11.1 Å². The van der Waals surface area contributed by atoms with E-state index in [1.165, 1.54) is 16.7 Å². The monoisotopic (exact) mass is 269 g/mol. The first kappa shape index (κ1) is 13.2. The summed E-state index contributed by atoms with van der Waals surface area (Å²) in [5.74, 6) is 0. The fourth-order valence-electron chi connectivity index (χ4n) is 1.68. The molecule has 0 spiro atoms. The van der Waals surface area contributed by atoms with Crippen LogP contribution in [0.1, 0.15) is 11.1 Å². The van der Waals surface area contributed by atoms with E-state index in [0.29, 0.717) is 0 Å². The molecule has 0 aliphatic heterocycles. The molecule has 19 heavy (non-hydrogen) atoms. The first-order chi connectivity index (χ1) is 9.15. The molecule has 4 heteroatoms. The van der Waals surface area contributed by atoms with Crippen LogP contribution in [0, 0.1) is 6.92 Å². The normalized spacial score (nSPS) is 10.6. The van der Waals surface area contributed by atoms with E-state index in [1.54, 1.807) is 6.21 Å². The highest BCUT2D eigenvalue weighted by Crippen LogP contribution is 2.19. The van der Waals surface area contributed by atoms with E-state index in [1.807, 2.05) is 12.1 Å². The molecule has 0 amide bonds. The number of nitrogens with zero attached hydrogens (tertiary/aromatic N) is 1. The van der Waals surface area contributed by atoms with Crippen molar-refractivity contribution in [2.45, 2.75) is 6.92 Å². The zero-order chi connectivity index (χ0) is 13.7. The highest BCUT2D eigenvalue weighted by atomic mass is 32.1. The summed E-state index contributed by atoms with van der Waals surface area (Å²) in [5.41, 5.74) is 12.4. The molecule has 0 heterocycles. The Morgan fingerprint density at radius 2 is 1.58 bits per heavy atom. The van der Waals surface area contributed by atoms with Gasteiger partial charge in [0.2, 0.25) is 0 Å². The SMILES string of the molecule is Cc1ccc(-c2ccc(C=NNC(N)=S)cc2)cc1. The largest absolute Gasteiger partial charge is 0.375 e. The van der Waals surface area contributed by atoms with Crippen LogP contribution in [0.15, 0.2) is 53.6 Å². The number of hydrogen-bond donors (Lipinski definition) is 2. The van der Waals surface area contributed by atoms with E-state index in [9.17, 15) is 0 Å². The van der Waals surface area contributed by atoms with Gasteiger partial charge in [-0.25, -0.2) is 0 Å². The van der Waals surface area contributed by atoms with E-state index < -0.39 is 0 Å². The van der Waals surface area contributed by atoms with Crippen LogP contribution in [-0.4, -0.2) is 11.3 Å². The van der Waals surface area contributed by atoms with Crippen molar-refractivity contribution in [1.82, 2.24) is 5.43 Å². The molecule has 0 radical (unpaired) electrons. The third-order valence-electron chi connectivity index (χ3n) is 2.68. The minimum Gasteiger partial charge on any atom is -0.375 e. The molecule has 0 aliphatic carbocycles. The lowest BCUT2D eigenvalue weighted by Crippen LogP contribution is -2.23. The first-order valence-electron chi connectivity index (χ1n) is 5.91. The maximum absolute atomic E-state index is 5.28. The molecule has 96 valence electrons. The number of hydrogen-bond acceptors (Lipinski definition) is 2. The zero-order valence-corrected chi connectivity index (χ0v) is 11.4. The summed E-state index contributed by atoms with van der Waals surface area (Å²) in [6, 6.07) is 16.6. The van der Waals surface area contributed by atoms with Crippen LogP contribution in [0.5, 0.6) is 0 Å². The van der Waals surface area contributed by atoms with Gasteiger partial charge >= 0.3 is 0 Å². The average molecular weight is 269 g/mol. The topological polar surface area (TPSA) is 50.4 Å². The molecule has 0 atom stereocenters. The van der Waals surface area contributed by atoms with Crippen LogP contribution in [0.25, 0.3) is 11.1 Å². The molecule has 0 unspecified atom stereocenters. The molecule has 2 aromatic rings. The predicted molar refractivity (Wildman–Crippen MR) is 84.1 cm³/mol. The van der Waals surface area contributed by atoms with Crippen LogP contribution < -0.4 is 11.2 Å². The van der Waals surface area contributed by atoms with E-state index in [2.05, 4.69) is 66.1 Å². The summed E-state index contributed by atoms with van der Waals surface area (Å²) < 4.78 is 0. The summed E-state index contributed by atoms with van der Waals surface area (Å²) in [4.78, 5) is 0. The Morgan fingerprint density at radius 3 is 2.11 bits per heavy atom. The van der Waals surface area contributed by atoms with Gasteiger partial charge in [-0.1, -0.05) is 54.1 Å². The minimum absolute atomic E-state index is 0.160. The van der Waals surface area contributed by atoms with Gasteiger partial charge in [-0.2, -0.15) is 5.10 Å². The number of rotatable bonds is 3. The van der Waals surface area contributed by atoms with Crippen molar-refractivity contribution in [2.24, 2.45) is 10.8 Å². The van der Waals surface area contributed by atoms with Gasteiger partial charge in [-0.15, -0.1) is 0 Å². The number of benzene rings is 2. The molecule has 0 aliphatic rings. The zero-order valence-electron chi connectivity index (χ0n) is 10.6. The summed E-state index contributed by atoms with van der Waals surface area (Å²) in [6.45, 7) is 2.08. The summed E-state index contributed by atoms with van der Waals surface area (Å²) in [5, 5.41) is 4.07. The number of nitrogens with two attached hydrogens (primary N) is 1. The second-order valence-corrected chi connectivity index (χ2v) is 4.66. The maximum Gasteiger partial charge on any atom is 0.184 e. The number of nitrogens with one attached hydrogen (secondary N) is 1. The van der Waals surface area contributed by atoms with Gasteiger partial charge in [0, 0.05) is 0 Å². The lowest BCUT2D eigenvalue weighted by molar-refractivity contribution is 1.04. The second kappa shape index (κ2) is 6.11. The Bertz CT molecular complexity index is 586. The van der Waals surface area contributed by atoms with Crippen LogP contribution >= 0.6 is 12.2 Å². The molecule has 0 aromatic heterocycles. The molecule has 0 fully saturated rings. The highest BCUT2D eigenvalue weighted by molar-refractivity contribution is 7.80. The van der Waals surface area contributed by atoms with Crippen molar-refractivity contribution >= 4 is 23.5 Å². The van der Waals surface area contributed by atoms with Crippen molar-refractivity contribution in [2.75, 3.05) is 0 Å². The third kappa shape index (κ3) is 3.89. The molecule has 2 aromatic carbocycles. The summed E-state index contributed by atoms with van der Waals surface area (Å²) in [6.07, 6.45) is 1.68. The van der Waals surface area contributed by atoms with Crippen molar-refractivity contribution in [1.29, 1.82) is 0 Å². The maximum atomic E-state index is 5.28. The lowest BCUT2D eigenvalue weighted by Gasteiger charge is -2.03. The van der Waals surface area contributed by atoms with Gasteiger partial charge < -0.3 is 5.73 Å². The Hall–Kier alpha value is -2.20. The summed E-state index contributed by atoms with van der Waals surface area (Å²) >= 11 is 4.66. The average Bonchev–Trinajstić information content (AvgIpc) is 2.40. The van der Waals surface area contributed by atoms with Crippen molar-refractivity contribution < 1.29 is 0 Å². The highest BCUT2D eigenvalue weighted by Gasteiger charge is 1.96. The molecular formula is C15H15N3S. The smallest absolute Gasteiger partial charge is 0.184 e. The van der Waals surface area contributed by atoms with Crippen LogP contribution in [0.3, 0.4) is 0 Å². The van der Waals surface area contributed by atoms with E-state index in [0.717, 1.165) is 5.56 Å². The van der Waals surface area contributed by atoms with Gasteiger partial charge in [0.05, 0.1) is 6.21 Å². The molecule has 3 N–H and O–H groups in total.